The molecule has 0 aliphatic carbocycles. The quantitative estimate of drug-likeness (QED) is 0.345. The monoisotopic (exact) mass is 404 g/mol. The number of aromatic nitrogens is 4. The maximum Gasteiger partial charge on any atom is 0.416 e. The van der Waals surface area contributed by atoms with Crippen molar-refractivity contribution in [3.63, 3.8) is 0 Å². The summed E-state index contributed by atoms with van der Waals surface area (Å²) in [5.41, 5.74) is 1.68. The van der Waals surface area contributed by atoms with Crippen LogP contribution in [0.3, 0.4) is 0 Å². The fraction of sp³-hybridized carbons (Fsp3) is 0.105. The van der Waals surface area contributed by atoms with E-state index in [4.69, 9.17) is 0 Å². The van der Waals surface area contributed by atoms with Crippen LogP contribution in [-0.2, 0) is 11.9 Å². The van der Waals surface area contributed by atoms with Gasteiger partial charge < -0.3 is 0 Å². The molecule has 0 aliphatic heterocycles. The minimum atomic E-state index is -4.38. The molecule has 4 nitrogen and oxygen atoms in total. The lowest BCUT2D eigenvalue weighted by Crippen LogP contribution is -2.05. The van der Waals surface area contributed by atoms with Gasteiger partial charge in [0.05, 0.1) is 11.3 Å². The number of halogens is 4. The summed E-state index contributed by atoms with van der Waals surface area (Å²) in [5.74, 6) is -0.0564. The second kappa shape index (κ2) is 7.23. The second-order valence-corrected chi connectivity index (χ2v) is 6.91. The molecular weight excluding hydrogens is 392 g/mol. The Morgan fingerprint density at radius 1 is 0.929 bits per heavy atom. The van der Waals surface area contributed by atoms with E-state index < -0.39 is 11.7 Å². The summed E-state index contributed by atoms with van der Waals surface area (Å²) in [6.45, 7) is 0. The average Bonchev–Trinajstić information content (AvgIpc) is 3.09. The molecule has 4 rings (SSSR count). The topological polar surface area (TPSA) is 43.1 Å². The van der Waals surface area contributed by atoms with Crippen molar-refractivity contribution in [2.75, 3.05) is 0 Å². The van der Waals surface area contributed by atoms with Crippen molar-refractivity contribution in [3.8, 4) is 11.3 Å². The van der Waals surface area contributed by atoms with Gasteiger partial charge in [0.15, 0.2) is 5.65 Å². The molecule has 2 aromatic heterocycles. The summed E-state index contributed by atoms with van der Waals surface area (Å²) in [4.78, 5) is 0. The van der Waals surface area contributed by atoms with Gasteiger partial charge in [-0.1, -0.05) is 30.0 Å². The summed E-state index contributed by atoms with van der Waals surface area (Å²) in [7, 11) is 0. The summed E-state index contributed by atoms with van der Waals surface area (Å²) in [6.07, 6.45) is -4.38. The van der Waals surface area contributed by atoms with Gasteiger partial charge in [0.2, 0.25) is 5.16 Å². The maximum absolute atomic E-state index is 13.1. The van der Waals surface area contributed by atoms with Gasteiger partial charge in [0.1, 0.15) is 5.82 Å². The molecule has 28 heavy (non-hydrogen) atoms. The van der Waals surface area contributed by atoms with Crippen molar-refractivity contribution in [2.45, 2.75) is 17.1 Å². The van der Waals surface area contributed by atoms with E-state index in [0.29, 0.717) is 22.1 Å². The highest BCUT2D eigenvalue weighted by Gasteiger charge is 2.30. The van der Waals surface area contributed by atoms with Crippen LogP contribution in [0.1, 0.15) is 11.1 Å². The zero-order valence-corrected chi connectivity index (χ0v) is 15.0. The number of nitrogens with zero attached hydrogens (tertiary/aromatic N) is 4. The number of hydrogen-bond donors (Lipinski definition) is 0. The molecule has 0 spiro atoms. The number of alkyl halides is 3. The zero-order chi connectivity index (χ0) is 19.7. The molecule has 0 saturated heterocycles. The van der Waals surface area contributed by atoms with Crippen LogP contribution in [0.2, 0.25) is 0 Å². The van der Waals surface area contributed by atoms with Crippen molar-refractivity contribution in [1.82, 2.24) is 19.8 Å². The Morgan fingerprint density at radius 2 is 1.71 bits per heavy atom. The predicted molar refractivity (Wildman–Crippen MR) is 97.2 cm³/mol. The molecule has 9 heteroatoms. The highest BCUT2D eigenvalue weighted by molar-refractivity contribution is 7.98. The first-order chi connectivity index (χ1) is 13.4. The van der Waals surface area contributed by atoms with Gasteiger partial charge in [-0.05, 0) is 48.0 Å². The van der Waals surface area contributed by atoms with E-state index in [-0.39, 0.29) is 11.6 Å². The summed E-state index contributed by atoms with van der Waals surface area (Å²) in [5, 5.41) is 13.0. The van der Waals surface area contributed by atoms with E-state index in [9.17, 15) is 17.6 Å². The van der Waals surface area contributed by atoms with Crippen LogP contribution in [0.25, 0.3) is 16.9 Å². The van der Waals surface area contributed by atoms with E-state index in [1.165, 1.54) is 34.5 Å². The number of benzene rings is 2. The lowest BCUT2D eigenvalue weighted by atomic mass is 10.1. The van der Waals surface area contributed by atoms with Crippen molar-refractivity contribution in [2.24, 2.45) is 0 Å². The molecule has 0 amide bonds. The molecule has 0 unspecified atom stereocenters. The zero-order valence-electron chi connectivity index (χ0n) is 14.2. The van der Waals surface area contributed by atoms with Crippen molar-refractivity contribution in [3.05, 3.63) is 77.6 Å². The van der Waals surface area contributed by atoms with Gasteiger partial charge in [-0.2, -0.15) is 22.8 Å². The molecule has 4 aromatic rings. The molecule has 0 saturated carbocycles. The largest absolute Gasteiger partial charge is 0.416 e. The molecule has 0 aliphatic rings. The third-order valence-corrected chi connectivity index (χ3v) is 4.99. The Balaban J connectivity index is 1.59. The van der Waals surface area contributed by atoms with Crippen LogP contribution in [-0.4, -0.2) is 19.8 Å². The van der Waals surface area contributed by atoms with Crippen molar-refractivity contribution < 1.29 is 17.6 Å². The van der Waals surface area contributed by atoms with Crippen LogP contribution in [0.15, 0.2) is 65.8 Å². The Bertz CT molecular complexity index is 1120. The Labute approximate surface area is 161 Å². The second-order valence-electron chi connectivity index (χ2n) is 5.96. The first-order valence-corrected chi connectivity index (χ1v) is 9.16. The number of rotatable bonds is 4. The highest BCUT2D eigenvalue weighted by atomic mass is 32.2. The first-order valence-electron chi connectivity index (χ1n) is 8.17. The minimum absolute atomic E-state index is 0.285. The van der Waals surface area contributed by atoms with Crippen LogP contribution in [0.5, 0.6) is 0 Å². The summed E-state index contributed by atoms with van der Waals surface area (Å²) in [6, 6.07) is 14.6. The standard InChI is InChI=1S/C19H12F4N4S/c20-15-6-4-13(5-7-15)16-8-9-17-24-25-18(27(17)26-16)28-11-12-2-1-3-14(10-12)19(21,22)23/h1-10H,11H2. The summed E-state index contributed by atoms with van der Waals surface area (Å²) < 4.78 is 53.2. The number of fused-ring (bicyclic) bond motifs is 1. The van der Waals surface area contributed by atoms with Gasteiger partial charge in [-0.3, -0.25) is 0 Å². The molecule has 142 valence electrons. The Hall–Kier alpha value is -2.94. The number of hydrogen-bond acceptors (Lipinski definition) is 4. The van der Waals surface area contributed by atoms with E-state index in [2.05, 4.69) is 15.3 Å². The molecule has 0 N–H and O–H groups in total. The minimum Gasteiger partial charge on any atom is -0.207 e. The molecule has 0 fully saturated rings. The molecule has 0 atom stereocenters. The molecular formula is C19H12F4N4S. The molecule has 0 bridgehead atoms. The summed E-state index contributed by atoms with van der Waals surface area (Å²) >= 11 is 1.23. The van der Waals surface area contributed by atoms with Gasteiger partial charge >= 0.3 is 6.18 Å². The maximum atomic E-state index is 13.1. The average molecular weight is 404 g/mol. The van der Waals surface area contributed by atoms with E-state index in [1.54, 1.807) is 30.3 Å². The number of thioether (sulfide) groups is 1. The van der Waals surface area contributed by atoms with E-state index in [1.807, 2.05) is 0 Å². The van der Waals surface area contributed by atoms with Gasteiger partial charge in [-0.25, -0.2) is 4.39 Å². The molecule has 2 heterocycles. The van der Waals surface area contributed by atoms with E-state index >= 15 is 0 Å². The first kappa shape index (κ1) is 18.4. The molecule has 2 aromatic carbocycles. The SMILES string of the molecule is Fc1ccc(-c2ccc3nnc(SCc4cccc(C(F)(F)F)c4)n3n2)cc1. The Morgan fingerprint density at radius 3 is 2.46 bits per heavy atom. The van der Waals surface area contributed by atoms with Gasteiger partial charge in [0, 0.05) is 11.3 Å². The van der Waals surface area contributed by atoms with E-state index in [0.717, 1.165) is 17.7 Å². The van der Waals surface area contributed by atoms with Crippen LogP contribution < -0.4 is 0 Å². The fourth-order valence-electron chi connectivity index (χ4n) is 2.62. The lowest BCUT2D eigenvalue weighted by Gasteiger charge is -2.08. The highest BCUT2D eigenvalue weighted by Crippen LogP contribution is 2.31. The molecule has 0 radical (unpaired) electrons. The predicted octanol–water partition coefficient (Wildman–Crippen LogP) is 5.24. The van der Waals surface area contributed by atoms with Gasteiger partial charge in [-0.15, -0.1) is 10.2 Å². The third-order valence-electron chi connectivity index (χ3n) is 4.00. The van der Waals surface area contributed by atoms with Crippen molar-refractivity contribution >= 4 is 17.4 Å². The third kappa shape index (κ3) is 3.84. The van der Waals surface area contributed by atoms with Crippen LogP contribution in [0, 0.1) is 5.82 Å². The normalized spacial score (nSPS) is 11.9. The smallest absolute Gasteiger partial charge is 0.207 e. The lowest BCUT2D eigenvalue weighted by molar-refractivity contribution is -0.137. The van der Waals surface area contributed by atoms with Crippen molar-refractivity contribution in [1.29, 1.82) is 0 Å². The van der Waals surface area contributed by atoms with Crippen LogP contribution in [0.4, 0.5) is 17.6 Å². The van der Waals surface area contributed by atoms with Gasteiger partial charge in [0.25, 0.3) is 0 Å². The van der Waals surface area contributed by atoms with Crippen LogP contribution >= 0.6 is 11.8 Å². The fourth-order valence-corrected chi connectivity index (χ4v) is 3.45. The Kier molecular flexibility index (Phi) is 4.76.